The summed E-state index contributed by atoms with van der Waals surface area (Å²) in [4.78, 5) is 34.2. The van der Waals surface area contributed by atoms with Crippen LogP contribution in [0.25, 0.3) is 0 Å². The standard InChI is InChI=1S/C17H26N4O4/c1-3-13(12-22)19-15-11-21(2)14(10-18-15)7-8-16(23)20-25-17-6-4-5-9-24-17/h7-8,10,12-13,17H,3-6,9,11H2,1-2H3,(H,18,19)(H,20,23)/b8-7+/t13-,17?/m1/s1. The first-order valence-corrected chi connectivity index (χ1v) is 8.57. The monoisotopic (exact) mass is 350 g/mol. The fourth-order valence-corrected chi connectivity index (χ4v) is 2.42. The molecule has 0 radical (unpaired) electrons. The molecular formula is C17H26N4O4. The van der Waals surface area contributed by atoms with Gasteiger partial charge in [0.1, 0.15) is 18.2 Å². The molecule has 2 N–H and O–H groups in total. The fourth-order valence-electron chi connectivity index (χ4n) is 2.42. The maximum absolute atomic E-state index is 11.8. The summed E-state index contributed by atoms with van der Waals surface area (Å²) in [7, 11) is 1.89. The van der Waals surface area contributed by atoms with Crippen LogP contribution >= 0.6 is 0 Å². The highest BCUT2D eigenvalue weighted by Gasteiger charge is 2.16. The number of aldehydes is 1. The number of amides is 1. The lowest BCUT2D eigenvalue weighted by atomic mass is 10.2. The Hall–Kier alpha value is -2.19. The number of nitrogens with zero attached hydrogens (tertiary/aromatic N) is 2. The molecule has 8 nitrogen and oxygen atoms in total. The molecule has 2 aliphatic heterocycles. The molecule has 2 heterocycles. The summed E-state index contributed by atoms with van der Waals surface area (Å²) in [5, 5.41) is 3.06. The van der Waals surface area contributed by atoms with Crippen LogP contribution in [0.5, 0.6) is 0 Å². The topological polar surface area (TPSA) is 92.3 Å². The number of carbonyl (C=O) groups excluding carboxylic acids is 2. The minimum Gasteiger partial charge on any atom is -0.366 e. The average molecular weight is 350 g/mol. The second-order valence-corrected chi connectivity index (χ2v) is 5.97. The summed E-state index contributed by atoms with van der Waals surface area (Å²) >= 11 is 0. The van der Waals surface area contributed by atoms with Crippen molar-refractivity contribution in [1.29, 1.82) is 0 Å². The van der Waals surface area contributed by atoms with Gasteiger partial charge in [-0.15, -0.1) is 0 Å². The molecule has 0 saturated carbocycles. The van der Waals surface area contributed by atoms with Crippen LogP contribution in [0.4, 0.5) is 0 Å². The number of ether oxygens (including phenoxy) is 1. The van der Waals surface area contributed by atoms with Crippen LogP contribution in [-0.4, -0.2) is 55.5 Å². The maximum atomic E-state index is 11.8. The summed E-state index contributed by atoms with van der Waals surface area (Å²) < 4.78 is 5.37. The van der Waals surface area contributed by atoms with Crippen molar-refractivity contribution >= 4 is 18.0 Å². The molecule has 2 rings (SSSR count). The van der Waals surface area contributed by atoms with Crippen molar-refractivity contribution in [3.63, 3.8) is 0 Å². The van der Waals surface area contributed by atoms with Crippen molar-refractivity contribution < 1.29 is 19.2 Å². The van der Waals surface area contributed by atoms with Crippen LogP contribution in [0.15, 0.2) is 29.0 Å². The summed E-state index contributed by atoms with van der Waals surface area (Å²) in [6.07, 6.45) is 8.81. The smallest absolute Gasteiger partial charge is 0.267 e. The second kappa shape index (κ2) is 9.95. The Morgan fingerprint density at radius 3 is 3.08 bits per heavy atom. The highest BCUT2D eigenvalue weighted by atomic mass is 16.8. The number of hydrogen-bond acceptors (Lipinski definition) is 6. The fraction of sp³-hybridized carbons (Fsp3) is 0.588. The number of hydrogen-bond donors (Lipinski definition) is 2. The van der Waals surface area contributed by atoms with E-state index in [0.29, 0.717) is 19.6 Å². The molecule has 138 valence electrons. The Morgan fingerprint density at radius 1 is 1.60 bits per heavy atom. The number of likely N-dealkylation sites (N-methyl/N-ethyl adjacent to an activating group) is 1. The lowest BCUT2D eigenvalue weighted by Gasteiger charge is -2.26. The molecule has 0 aliphatic carbocycles. The lowest BCUT2D eigenvalue weighted by molar-refractivity contribution is -0.198. The van der Waals surface area contributed by atoms with Gasteiger partial charge >= 0.3 is 0 Å². The number of nitrogens with one attached hydrogen (secondary N) is 2. The number of aliphatic imine (C=N–C) groups is 1. The number of allylic oxidation sites excluding steroid dienone is 1. The van der Waals surface area contributed by atoms with Crippen LogP contribution in [-0.2, 0) is 19.2 Å². The molecule has 8 heteroatoms. The molecule has 2 atom stereocenters. The van der Waals surface area contributed by atoms with Crippen molar-refractivity contribution in [1.82, 2.24) is 15.7 Å². The van der Waals surface area contributed by atoms with Gasteiger partial charge < -0.3 is 19.7 Å². The van der Waals surface area contributed by atoms with Gasteiger partial charge in [0.05, 0.1) is 12.2 Å². The third-order valence-corrected chi connectivity index (χ3v) is 3.95. The Bertz CT molecular complexity index is 553. The van der Waals surface area contributed by atoms with E-state index in [-0.39, 0.29) is 18.2 Å². The van der Waals surface area contributed by atoms with Gasteiger partial charge in [-0.05, 0) is 25.3 Å². The Balaban J connectivity index is 1.82. The molecule has 0 aromatic rings. The average Bonchev–Trinajstić information content (AvgIpc) is 2.64. The zero-order chi connectivity index (χ0) is 18.1. The summed E-state index contributed by atoms with van der Waals surface area (Å²) in [6.45, 7) is 3.11. The quantitative estimate of drug-likeness (QED) is 0.402. The highest BCUT2D eigenvalue weighted by molar-refractivity contribution is 5.89. The first-order chi connectivity index (χ1) is 12.1. The van der Waals surface area contributed by atoms with Crippen LogP contribution in [0, 0.1) is 0 Å². The molecule has 0 aromatic heterocycles. The lowest BCUT2D eigenvalue weighted by Crippen LogP contribution is -2.38. The number of hydroxylamine groups is 1. The normalized spacial score (nSPS) is 23.9. The molecule has 1 unspecified atom stereocenters. The maximum Gasteiger partial charge on any atom is 0.267 e. The van der Waals surface area contributed by atoms with E-state index >= 15 is 0 Å². The van der Waals surface area contributed by atoms with Crippen LogP contribution in [0.3, 0.4) is 0 Å². The van der Waals surface area contributed by atoms with Crippen LogP contribution in [0.1, 0.15) is 32.6 Å². The molecule has 0 spiro atoms. The molecule has 1 fully saturated rings. The summed E-state index contributed by atoms with van der Waals surface area (Å²) in [6, 6.07) is -0.327. The van der Waals surface area contributed by atoms with Gasteiger partial charge in [-0.2, -0.15) is 0 Å². The summed E-state index contributed by atoms with van der Waals surface area (Å²) in [5.41, 5.74) is 3.20. The molecule has 1 saturated heterocycles. The van der Waals surface area contributed by atoms with Crippen molar-refractivity contribution in [2.24, 2.45) is 4.99 Å². The van der Waals surface area contributed by atoms with E-state index < -0.39 is 0 Å². The summed E-state index contributed by atoms with van der Waals surface area (Å²) in [5.74, 6) is 0.371. The van der Waals surface area contributed by atoms with Crippen LogP contribution < -0.4 is 10.8 Å². The minimum atomic E-state index is -0.368. The van der Waals surface area contributed by atoms with Crippen molar-refractivity contribution in [3.8, 4) is 0 Å². The van der Waals surface area contributed by atoms with Gasteiger partial charge in [-0.25, -0.2) is 10.3 Å². The van der Waals surface area contributed by atoms with Crippen molar-refractivity contribution in [2.45, 2.75) is 44.9 Å². The van der Waals surface area contributed by atoms with E-state index in [1.807, 2.05) is 18.9 Å². The van der Waals surface area contributed by atoms with Gasteiger partial charge in [0.15, 0.2) is 6.29 Å². The van der Waals surface area contributed by atoms with Gasteiger partial charge in [0.2, 0.25) is 0 Å². The highest BCUT2D eigenvalue weighted by Crippen LogP contribution is 2.12. The van der Waals surface area contributed by atoms with Gasteiger partial charge in [0, 0.05) is 32.4 Å². The molecule has 0 aromatic carbocycles. The largest absolute Gasteiger partial charge is 0.366 e. The first kappa shape index (κ1) is 19.1. The number of carbonyl (C=O) groups is 2. The van der Waals surface area contributed by atoms with E-state index in [1.165, 1.54) is 6.08 Å². The van der Waals surface area contributed by atoms with Crippen molar-refractivity contribution in [2.75, 3.05) is 20.2 Å². The Labute approximate surface area is 147 Å². The van der Waals surface area contributed by atoms with Crippen LogP contribution in [0.2, 0.25) is 0 Å². The Kier molecular flexibility index (Phi) is 7.62. The number of amidine groups is 1. The Morgan fingerprint density at radius 2 is 2.44 bits per heavy atom. The zero-order valence-electron chi connectivity index (χ0n) is 14.7. The SMILES string of the molecule is CC[C@H](C=O)N=C1CN(C)C(/C=C/C(=O)NOC2CCCCO2)=CN1. The van der Waals surface area contributed by atoms with Crippen molar-refractivity contribution in [3.05, 3.63) is 24.0 Å². The van der Waals surface area contributed by atoms with Gasteiger partial charge in [-0.3, -0.25) is 9.79 Å². The molecular weight excluding hydrogens is 324 g/mol. The molecule has 2 aliphatic rings. The molecule has 1 amide bonds. The van der Waals surface area contributed by atoms with E-state index in [9.17, 15) is 9.59 Å². The first-order valence-electron chi connectivity index (χ1n) is 8.57. The van der Waals surface area contributed by atoms with E-state index in [2.05, 4.69) is 15.8 Å². The van der Waals surface area contributed by atoms with Gasteiger partial charge in [0.25, 0.3) is 5.91 Å². The second-order valence-electron chi connectivity index (χ2n) is 5.97. The number of rotatable bonds is 7. The zero-order valence-corrected chi connectivity index (χ0v) is 14.7. The van der Waals surface area contributed by atoms with E-state index in [4.69, 9.17) is 9.57 Å². The molecule has 25 heavy (non-hydrogen) atoms. The molecule has 0 bridgehead atoms. The third kappa shape index (κ3) is 6.32. The van der Waals surface area contributed by atoms with E-state index in [0.717, 1.165) is 37.1 Å². The minimum absolute atomic E-state index is 0.327. The van der Waals surface area contributed by atoms with E-state index in [1.54, 1.807) is 12.3 Å². The predicted molar refractivity (Wildman–Crippen MR) is 93.4 cm³/mol. The predicted octanol–water partition coefficient (Wildman–Crippen LogP) is 0.869. The third-order valence-electron chi connectivity index (χ3n) is 3.95. The van der Waals surface area contributed by atoms with Gasteiger partial charge in [-0.1, -0.05) is 6.92 Å².